The van der Waals surface area contributed by atoms with Crippen molar-refractivity contribution in [1.29, 1.82) is 0 Å². The lowest BCUT2D eigenvalue weighted by molar-refractivity contribution is 0.104. The molecule has 0 bridgehead atoms. The molecule has 35 heavy (non-hydrogen) atoms. The Bertz CT molecular complexity index is 1290. The number of piperidine rings is 1. The Morgan fingerprint density at radius 3 is 2.29 bits per heavy atom. The van der Waals surface area contributed by atoms with E-state index < -0.39 is 0 Å². The van der Waals surface area contributed by atoms with Gasteiger partial charge in [0.15, 0.2) is 5.78 Å². The topological polar surface area (TPSA) is 102 Å². The molecule has 0 amide bonds. The quantitative estimate of drug-likeness (QED) is 0.344. The summed E-state index contributed by atoms with van der Waals surface area (Å²) in [5, 5.41) is 20.4. The molecule has 1 aliphatic heterocycles. The van der Waals surface area contributed by atoms with Crippen molar-refractivity contribution >= 4 is 27.2 Å². The summed E-state index contributed by atoms with van der Waals surface area (Å²) in [6.45, 7) is 3.85. The zero-order valence-corrected chi connectivity index (χ0v) is 20.2. The van der Waals surface area contributed by atoms with Gasteiger partial charge in [-0.3, -0.25) is 9.69 Å². The van der Waals surface area contributed by atoms with Gasteiger partial charge in [0.25, 0.3) is 0 Å². The van der Waals surface area contributed by atoms with Crippen LogP contribution < -0.4 is 4.74 Å². The third-order valence-electron chi connectivity index (χ3n) is 6.27. The molecule has 3 aromatic carbocycles. The fraction of sp³-hybridized carbons (Fsp3) is 0.250. The van der Waals surface area contributed by atoms with Crippen LogP contribution in [0.4, 0.5) is 0 Å². The molecule has 1 fully saturated rings. The van der Waals surface area contributed by atoms with E-state index in [0.717, 1.165) is 45.9 Å². The number of rotatable bonds is 7. The highest BCUT2D eigenvalue weighted by atomic mass is 32.1. The molecule has 0 atom stereocenters. The normalized spacial score (nSPS) is 13.9. The smallest absolute Gasteiger partial charge is 0.195 e. The fourth-order valence-corrected chi connectivity index (χ4v) is 5.69. The molecule has 0 aliphatic carbocycles. The number of fused-ring (bicyclic) bond motifs is 1. The highest BCUT2D eigenvalue weighted by Crippen LogP contribution is 2.41. The number of benzene rings is 3. The van der Waals surface area contributed by atoms with Crippen LogP contribution in [0.1, 0.15) is 35.2 Å². The lowest BCUT2D eigenvalue weighted by atomic mass is 9.97. The van der Waals surface area contributed by atoms with E-state index in [0.29, 0.717) is 17.7 Å². The average Bonchev–Trinajstić information content (AvgIpc) is 3.23. The fourth-order valence-electron chi connectivity index (χ4n) is 4.45. The number of nitrogens with zero attached hydrogens (tertiary/aromatic N) is 1. The summed E-state index contributed by atoms with van der Waals surface area (Å²) in [5.74, 6) is 1.01. The van der Waals surface area contributed by atoms with Crippen LogP contribution in [-0.2, 0) is 0 Å². The second-order valence-electron chi connectivity index (χ2n) is 8.64. The van der Waals surface area contributed by atoms with E-state index in [4.69, 9.17) is 4.74 Å². The van der Waals surface area contributed by atoms with Crippen molar-refractivity contribution in [1.82, 2.24) is 4.90 Å². The standard InChI is InChI=1S/C28H27NO4S.H2O/c30-21-8-4-20(5-9-21)28-26(24-13-10-22(31)18-25(24)34-28)27(32)19-6-11-23(12-7-19)33-17-16-29-14-2-1-3-15-29;/h4-13,18,30-31H,1-3,14-17H2;1H2. The lowest BCUT2D eigenvalue weighted by Gasteiger charge is -2.26. The van der Waals surface area contributed by atoms with E-state index in [1.54, 1.807) is 42.5 Å². The first kappa shape index (κ1) is 24.7. The first-order valence-corrected chi connectivity index (χ1v) is 12.4. The highest BCUT2D eigenvalue weighted by molar-refractivity contribution is 7.22. The molecule has 0 radical (unpaired) electrons. The number of likely N-dealkylation sites (tertiary alicyclic amines) is 1. The monoisotopic (exact) mass is 491 g/mol. The van der Waals surface area contributed by atoms with Crippen LogP contribution >= 0.6 is 11.3 Å². The first-order valence-electron chi connectivity index (χ1n) is 11.6. The number of thiophene rings is 1. The molecule has 1 aliphatic rings. The van der Waals surface area contributed by atoms with Crippen molar-refractivity contribution in [2.24, 2.45) is 0 Å². The molecule has 7 heteroatoms. The van der Waals surface area contributed by atoms with Gasteiger partial charge < -0.3 is 20.4 Å². The van der Waals surface area contributed by atoms with Gasteiger partial charge in [-0.05, 0) is 98.2 Å². The Kier molecular flexibility index (Phi) is 7.70. The van der Waals surface area contributed by atoms with Crippen molar-refractivity contribution in [3.8, 4) is 27.7 Å². The lowest BCUT2D eigenvalue weighted by Crippen LogP contribution is -2.33. The molecule has 4 N–H and O–H groups in total. The minimum Gasteiger partial charge on any atom is -0.508 e. The number of carbonyl (C=O) groups is 1. The molecule has 1 saturated heterocycles. The molecule has 0 saturated carbocycles. The van der Waals surface area contributed by atoms with Gasteiger partial charge in [0, 0.05) is 32.6 Å². The van der Waals surface area contributed by atoms with E-state index >= 15 is 0 Å². The van der Waals surface area contributed by atoms with E-state index in [-0.39, 0.29) is 22.8 Å². The zero-order chi connectivity index (χ0) is 23.5. The second kappa shape index (κ2) is 10.9. The van der Waals surface area contributed by atoms with Crippen LogP contribution in [0, 0.1) is 0 Å². The second-order valence-corrected chi connectivity index (χ2v) is 9.69. The molecule has 182 valence electrons. The summed E-state index contributed by atoms with van der Waals surface area (Å²) in [5.41, 5.74) is 2.03. The Morgan fingerprint density at radius 2 is 1.57 bits per heavy atom. The van der Waals surface area contributed by atoms with Crippen molar-refractivity contribution in [3.63, 3.8) is 0 Å². The van der Waals surface area contributed by atoms with Gasteiger partial charge in [0.2, 0.25) is 0 Å². The van der Waals surface area contributed by atoms with Crippen molar-refractivity contribution in [3.05, 3.63) is 77.9 Å². The molecule has 5 rings (SSSR count). The molecule has 0 spiro atoms. The number of aromatic hydroxyl groups is 2. The summed E-state index contributed by atoms with van der Waals surface area (Å²) < 4.78 is 6.76. The number of phenolic OH excluding ortho intramolecular Hbond substituents is 2. The summed E-state index contributed by atoms with van der Waals surface area (Å²) >= 11 is 1.46. The summed E-state index contributed by atoms with van der Waals surface area (Å²) in [6.07, 6.45) is 3.85. The van der Waals surface area contributed by atoms with Crippen molar-refractivity contribution < 1.29 is 25.2 Å². The predicted molar refractivity (Wildman–Crippen MR) is 140 cm³/mol. The number of ketones is 1. The van der Waals surface area contributed by atoms with Gasteiger partial charge in [0.05, 0.1) is 0 Å². The molecule has 2 heterocycles. The summed E-state index contributed by atoms with van der Waals surface area (Å²) in [4.78, 5) is 16.9. The maximum atomic E-state index is 13.6. The van der Waals surface area contributed by atoms with Crippen LogP contribution in [0.25, 0.3) is 20.5 Å². The zero-order valence-electron chi connectivity index (χ0n) is 19.4. The van der Waals surface area contributed by atoms with E-state index in [1.165, 1.54) is 30.6 Å². The number of phenols is 2. The van der Waals surface area contributed by atoms with Crippen LogP contribution in [-0.4, -0.2) is 52.6 Å². The van der Waals surface area contributed by atoms with Crippen LogP contribution in [0.5, 0.6) is 17.2 Å². The maximum Gasteiger partial charge on any atom is 0.195 e. The molecule has 6 nitrogen and oxygen atoms in total. The SMILES string of the molecule is O.O=C(c1ccc(OCCN2CCCCC2)cc1)c1c(-c2ccc(O)cc2)sc2cc(O)ccc12. The largest absolute Gasteiger partial charge is 0.508 e. The Morgan fingerprint density at radius 1 is 0.886 bits per heavy atom. The molecule has 1 aromatic heterocycles. The minimum atomic E-state index is -0.0834. The van der Waals surface area contributed by atoms with E-state index in [1.807, 2.05) is 24.3 Å². The Hall–Kier alpha value is -3.39. The molecule has 0 unspecified atom stereocenters. The van der Waals surface area contributed by atoms with Gasteiger partial charge in [0.1, 0.15) is 23.9 Å². The number of carbonyl (C=O) groups excluding carboxylic acids is 1. The highest BCUT2D eigenvalue weighted by Gasteiger charge is 2.22. The average molecular weight is 492 g/mol. The molecule has 4 aromatic rings. The number of hydrogen-bond acceptors (Lipinski definition) is 6. The van der Waals surface area contributed by atoms with Gasteiger partial charge in [-0.1, -0.05) is 6.42 Å². The van der Waals surface area contributed by atoms with Crippen LogP contribution in [0.2, 0.25) is 0 Å². The predicted octanol–water partition coefficient (Wildman–Crippen LogP) is 5.25. The number of ether oxygens (including phenoxy) is 1. The third kappa shape index (κ3) is 5.48. The first-order chi connectivity index (χ1) is 16.6. The van der Waals surface area contributed by atoms with Gasteiger partial charge in [-0.15, -0.1) is 11.3 Å². The van der Waals surface area contributed by atoms with E-state index in [2.05, 4.69) is 4.90 Å². The Labute approximate surface area is 208 Å². The summed E-state index contributed by atoms with van der Waals surface area (Å²) in [6, 6.07) is 19.2. The van der Waals surface area contributed by atoms with Gasteiger partial charge >= 0.3 is 0 Å². The third-order valence-corrected chi connectivity index (χ3v) is 7.47. The van der Waals surface area contributed by atoms with Crippen molar-refractivity contribution in [2.75, 3.05) is 26.2 Å². The minimum absolute atomic E-state index is 0. The van der Waals surface area contributed by atoms with Crippen molar-refractivity contribution in [2.45, 2.75) is 19.3 Å². The van der Waals surface area contributed by atoms with Crippen LogP contribution in [0.15, 0.2) is 66.7 Å². The Balaban J connectivity index is 0.00000289. The van der Waals surface area contributed by atoms with Gasteiger partial charge in [-0.2, -0.15) is 0 Å². The molecular weight excluding hydrogens is 462 g/mol. The van der Waals surface area contributed by atoms with Gasteiger partial charge in [-0.25, -0.2) is 0 Å². The van der Waals surface area contributed by atoms with Crippen LogP contribution in [0.3, 0.4) is 0 Å². The maximum absolute atomic E-state index is 13.6. The van der Waals surface area contributed by atoms with E-state index in [9.17, 15) is 15.0 Å². The number of hydrogen-bond donors (Lipinski definition) is 2. The molecular formula is C28H29NO5S. The summed E-state index contributed by atoms with van der Waals surface area (Å²) in [7, 11) is 0.